The van der Waals surface area contributed by atoms with Crippen LogP contribution < -0.4 is 5.73 Å². The second kappa shape index (κ2) is 6.58. The van der Waals surface area contributed by atoms with E-state index in [0.717, 1.165) is 10.1 Å². The number of fused-ring (bicyclic) bond motifs is 1. The summed E-state index contributed by atoms with van der Waals surface area (Å²) < 4.78 is 5.89. The highest BCUT2D eigenvalue weighted by Gasteiger charge is 2.20. The number of ether oxygens (including phenoxy) is 1. The van der Waals surface area contributed by atoms with Crippen LogP contribution in [0.15, 0.2) is 24.3 Å². The number of carbonyl (C=O) groups is 2. The summed E-state index contributed by atoms with van der Waals surface area (Å²) in [6.45, 7) is 4.31. The molecule has 0 unspecified atom stereocenters. The molecule has 0 aliphatic carbocycles. The molecule has 1 aromatic heterocycles. The van der Waals surface area contributed by atoms with Gasteiger partial charge in [-0.2, -0.15) is 0 Å². The van der Waals surface area contributed by atoms with E-state index in [2.05, 4.69) is 0 Å². The summed E-state index contributed by atoms with van der Waals surface area (Å²) in [4.78, 5) is 26.1. The van der Waals surface area contributed by atoms with Gasteiger partial charge in [0.15, 0.2) is 0 Å². The lowest BCUT2D eigenvalue weighted by Gasteiger charge is -2.18. The van der Waals surface area contributed by atoms with Gasteiger partial charge in [-0.1, -0.05) is 0 Å². The molecule has 112 valence electrons. The molecule has 1 heterocycles. The van der Waals surface area contributed by atoms with Gasteiger partial charge in [-0.15, -0.1) is 11.3 Å². The van der Waals surface area contributed by atoms with Gasteiger partial charge in [-0.3, -0.25) is 9.59 Å². The van der Waals surface area contributed by atoms with E-state index in [1.54, 1.807) is 6.92 Å². The molecule has 0 fully saturated rings. The summed E-state index contributed by atoms with van der Waals surface area (Å²) in [5.74, 6) is -0.552. The Morgan fingerprint density at radius 1 is 1.29 bits per heavy atom. The first-order chi connectivity index (χ1) is 10.0. The van der Waals surface area contributed by atoms with Crippen molar-refractivity contribution in [3.05, 3.63) is 29.1 Å². The van der Waals surface area contributed by atoms with Crippen molar-refractivity contribution in [3.63, 3.8) is 0 Å². The number of anilines is 1. The molecule has 2 rings (SSSR count). The van der Waals surface area contributed by atoms with Crippen molar-refractivity contribution in [1.82, 2.24) is 4.90 Å². The van der Waals surface area contributed by atoms with E-state index in [9.17, 15) is 9.59 Å². The van der Waals surface area contributed by atoms with Gasteiger partial charge in [-0.05, 0) is 43.5 Å². The zero-order chi connectivity index (χ0) is 15.4. The Morgan fingerprint density at radius 2 is 2.05 bits per heavy atom. The average molecular weight is 306 g/mol. The van der Waals surface area contributed by atoms with Crippen LogP contribution in [-0.2, 0) is 9.53 Å². The SMILES string of the molecule is CCOC(=O)CN(CC)C(=O)c1cc2cc(N)ccc2s1. The molecule has 5 nitrogen and oxygen atoms in total. The van der Waals surface area contributed by atoms with Crippen LogP contribution >= 0.6 is 11.3 Å². The molecule has 6 heteroatoms. The van der Waals surface area contributed by atoms with E-state index in [4.69, 9.17) is 10.5 Å². The number of thiophene rings is 1. The predicted molar refractivity (Wildman–Crippen MR) is 84.4 cm³/mol. The molecule has 0 radical (unpaired) electrons. The lowest BCUT2D eigenvalue weighted by atomic mass is 10.2. The van der Waals surface area contributed by atoms with Crippen molar-refractivity contribution in [2.24, 2.45) is 0 Å². The Labute approximate surface area is 127 Å². The fourth-order valence-corrected chi connectivity index (χ4v) is 3.02. The van der Waals surface area contributed by atoms with Crippen LogP contribution in [0.3, 0.4) is 0 Å². The molecule has 1 amide bonds. The molecule has 0 aliphatic rings. The molecule has 2 N–H and O–H groups in total. The molecular formula is C15H18N2O3S. The number of amides is 1. The van der Waals surface area contributed by atoms with Crippen molar-refractivity contribution in [1.29, 1.82) is 0 Å². The van der Waals surface area contributed by atoms with E-state index in [0.29, 0.717) is 23.7 Å². The van der Waals surface area contributed by atoms with Crippen LogP contribution in [0, 0.1) is 0 Å². The summed E-state index contributed by atoms with van der Waals surface area (Å²) in [6.07, 6.45) is 0. The minimum Gasteiger partial charge on any atom is -0.465 e. The van der Waals surface area contributed by atoms with Gasteiger partial charge in [0, 0.05) is 16.9 Å². The van der Waals surface area contributed by atoms with Gasteiger partial charge < -0.3 is 15.4 Å². The minimum absolute atomic E-state index is 0.0282. The largest absolute Gasteiger partial charge is 0.465 e. The second-order valence-electron chi connectivity index (χ2n) is 4.53. The van der Waals surface area contributed by atoms with Crippen LogP contribution in [-0.4, -0.2) is 36.5 Å². The highest BCUT2D eigenvalue weighted by molar-refractivity contribution is 7.20. The fourth-order valence-electron chi connectivity index (χ4n) is 2.01. The molecule has 0 aliphatic heterocycles. The van der Waals surface area contributed by atoms with Crippen LogP contribution in [0.1, 0.15) is 23.5 Å². The Morgan fingerprint density at radius 3 is 2.71 bits per heavy atom. The number of carbonyl (C=O) groups excluding carboxylic acids is 2. The number of hydrogen-bond acceptors (Lipinski definition) is 5. The number of benzene rings is 1. The molecule has 0 saturated heterocycles. The number of rotatable bonds is 5. The summed E-state index contributed by atoms with van der Waals surface area (Å²) in [7, 11) is 0. The highest BCUT2D eigenvalue weighted by atomic mass is 32.1. The van der Waals surface area contributed by atoms with Crippen molar-refractivity contribution in [2.45, 2.75) is 13.8 Å². The standard InChI is InChI=1S/C15H18N2O3S/c1-3-17(9-14(18)20-4-2)15(19)13-8-10-7-11(16)5-6-12(10)21-13/h5-8H,3-4,9,16H2,1-2H3. The van der Waals surface area contributed by atoms with Crippen molar-refractivity contribution in [3.8, 4) is 0 Å². The topological polar surface area (TPSA) is 72.6 Å². The first-order valence-corrected chi connectivity index (χ1v) is 7.60. The van der Waals surface area contributed by atoms with E-state index >= 15 is 0 Å². The fraction of sp³-hybridized carbons (Fsp3) is 0.333. The Balaban J connectivity index is 2.20. The molecule has 2 aromatic rings. The smallest absolute Gasteiger partial charge is 0.325 e. The Bertz CT molecular complexity index is 666. The van der Waals surface area contributed by atoms with Gasteiger partial charge in [0.05, 0.1) is 11.5 Å². The molecule has 0 atom stereocenters. The monoisotopic (exact) mass is 306 g/mol. The molecule has 0 saturated carbocycles. The average Bonchev–Trinajstić information content (AvgIpc) is 2.87. The predicted octanol–water partition coefficient (Wildman–Crippen LogP) is 2.51. The van der Waals surface area contributed by atoms with Gasteiger partial charge in [-0.25, -0.2) is 0 Å². The molecule has 0 spiro atoms. The van der Waals surface area contributed by atoms with Crippen LogP contribution in [0.4, 0.5) is 5.69 Å². The van der Waals surface area contributed by atoms with Gasteiger partial charge in [0.2, 0.25) is 0 Å². The van der Waals surface area contributed by atoms with E-state index < -0.39 is 5.97 Å². The lowest BCUT2D eigenvalue weighted by Crippen LogP contribution is -2.35. The lowest BCUT2D eigenvalue weighted by molar-refractivity contribution is -0.143. The van der Waals surface area contributed by atoms with Crippen LogP contribution in [0.5, 0.6) is 0 Å². The normalized spacial score (nSPS) is 10.6. The zero-order valence-electron chi connectivity index (χ0n) is 12.1. The van der Waals surface area contributed by atoms with Gasteiger partial charge >= 0.3 is 5.97 Å². The number of nitrogens with zero attached hydrogens (tertiary/aromatic N) is 1. The van der Waals surface area contributed by atoms with Gasteiger partial charge in [0.1, 0.15) is 6.54 Å². The first kappa shape index (κ1) is 15.3. The maximum atomic E-state index is 12.5. The molecular weight excluding hydrogens is 288 g/mol. The zero-order valence-corrected chi connectivity index (χ0v) is 12.9. The van der Waals surface area contributed by atoms with Crippen LogP contribution in [0.25, 0.3) is 10.1 Å². The quantitative estimate of drug-likeness (QED) is 0.680. The maximum absolute atomic E-state index is 12.5. The molecule has 0 bridgehead atoms. The number of likely N-dealkylation sites (N-methyl/N-ethyl adjacent to an activating group) is 1. The van der Waals surface area contributed by atoms with E-state index in [1.807, 2.05) is 31.2 Å². The van der Waals surface area contributed by atoms with E-state index in [-0.39, 0.29) is 12.5 Å². The number of nitrogen functional groups attached to an aromatic ring is 1. The number of hydrogen-bond donors (Lipinski definition) is 1. The Kier molecular flexibility index (Phi) is 4.80. The third kappa shape index (κ3) is 3.52. The first-order valence-electron chi connectivity index (χ1n) is 6.79. The number of nitrogens with two attached hydrogens (primary N) is 1. The van der Waals surface area contributed by atoms with E-state index in [1.165, 1.54) is 16.2 Å². The van der Waals surface area contributed by atoms with Crippen molar-refractivity contribution in [2.75, 3.05) is 25.4 Å². The van der Waals surface area contributed by atoms with Crippen molar-refractivity contribution < 1.29 is 14.3 Å². The molecule has 1 aromatic carbocycles. The maximum Gasteiger partial charge on any atom is 0.325 e. The van der Waals surface area contributed by atoms with Crippen molar-refractivity contribution >= 4 is 39.0 Å². The Hall–Kier alpha value is -2.08. The summed E-state index contributed by atoms with van der Waals surface area (Å²) in [5, 5.41) is 0.940. The summed E-state index contributed by atoms with van der Waals surface area (Å²) in [5.41, 5.74) is 6.41. The summed E-state index contributed by atoms with van der Waals surface area (Å²) >= 11 is 1.40. The van der Waals surface area contributed by atoms with Crippen LogP contribution in [0.2, 0.25) is 0 Å². The van der Waals surface area contributed by atoms with Gasteiger partial charge in [0.25, 0.3) is 5.91 Å². The summed E-state index contributed by atoms with van der Waals surface area (Å²) in [6, 6.07) is 7.35. The number of esters is 1. The minimum atomic E-state index is -0.391. The third-order valence-corrected chi connectivity index (χ3v) is 4.15. The third-order valence-electron chi connectivity index (χ3n) is 3.05. The second-order valence-corrected chi connectivity index (χ2v) is 5.62. The molecule has 21 heavy (non-hydrogen) atoms. The highest BCUT2D eigenvalue weighted by Crippen LogP contribution is 2.28.